The molecule has 3 rings (SSSR count). The highest BCUT2D eigenvalue weighted by molar-refractivity contribution is 9.10. The van der Waals surface area contributed by atoms with Crippen LogP contribution < -0.4 is 0 Å². The van der Waals surface area contributed by atoms with Crippen LogP contribution in [0.15, 0.2) is 29.0 Å². The smallest absolute Gasteiger partial charge is 0.308 e. The van der Waals surface area contributed by atoms with Gasteiger partial charge in [0.05, 0.1) is 11.6 Å². The van der Waals surface area contributed by atoms with Crippen LogP contribution in [0.2, 0.25) is 0 Å². The Kier molecular flexibility index (Phi) is 3.33. The van der Waals surface area contributed by atoms with Gasteiger partial charge in [0, 0.05) is 17.8 Å². The van der Waals surface area contributed by atoms with Crippen molar-refractivity contribution < 1.29 is 14.3 Å². The molecule has 1 aromatic carbocycles. The third-order valence-electron chi connectivity index (χ3n) is 3.64. The van der Waals surface area contributed by atoms with Crippen LogP contribution in [0.5, 0.6) is 0 Å². The number of carboxylic acid groups (broad SMARTS) is 1. The number of benzene rings is 1. The fraction of sp³-hybridized carbons (Fsp3) is 0.286. The molecule has 2 aromatic rings. The summed E-state index contributed by atoms with van der Waals surface area (Å²) >= 11 is 3.34. The highest BCUT2D eigenvalue weighted by atomic mass is 79.9. The minimum absolute atomic E-state index is 0.318. The molecule has 4 nitrogen and oxygen atoms in total. The molecule has 0 bridgehead atoms. The zero-order chi connectivity index (χ0) is 14.3. The van der Waals surface area contributed by atoms with E-state index in [4.69, 9.17) is 5.11 Å². The van der Waals surface area contributed by atoms with E-state index >= 15 is 0 Å². The molecule has 104 valence electrons. The molecule has 2 heterocycles. The van der Waals surface area contributed by atoms with Gasteiger partial charge in [0.2, 0.25) is 0 Å². The van der Waals surface area contributed by atoms with Gasteiger partial charge >= 0.3 is 5.97 Å². The summed E-state index contributed by atoms with van der Waals surface area (Å²) in [6.07, 6.45) is 1.13. The molecule has 0 aliphatic carbocycles. The van der Waals surface area contributed by atoms with Gasteiger partial charge in [-0.2, -0.15) is 0 Å². The first kappa shape index (κ1) is 13.3. The van der Waals surface area contributed by atoms with E-state index in [1.165, 1.54) is 6.07 Å². The molecule has 1 N–H and O–H groups in total. The number of nitrogens with zero attached hydrogens (tertiary/aromatic N) is 2. The summed E-state index contributed by atoms with van der Waals surface area (Å²) in [6, 6.07) is 6.49. The Morgan fingerprint density at radius 3 is 2.90 bits per heavy atom. The van der Waals surface area contributed by atoms with Crippen LogP contribution in [0.4, 0.5) is 4.39 Å². The molecular weight excluding hydrogens is 327 g/mol. The number of carbonyl (C=O) groups is 1. The molecule has 0 amide bonds. The minimum atomic E-state index is -0.802. The van der Waals surface area contributed by atoms with Crippen LogP contribution in [-0.4, -0.2) is 20.6 Å². The van der Waals surface area contributed by atoms with Gasteiger partial charge in [-0.25, -0.2) is 9.37 Å². The molecule has 0 spiro atoms. The maximum Gasteiger partial charge on any atom is 0.308 e. The molecule has 0 saturated heterocycles. The predicted molar refractivity (Wildman–Crippen MR) is 74.8 cm³/mol. The van der Waals surface area contributed by atoms with Crippen molar-refractivity contribution in [3.05, 3.63) is 40.5 Å². The Morgan fingerprint density at radius 2 is 2.20 bits per heavy atom. The second-order valence-electron chi connectivity index (χ2n) is 4.84. The molecule has 1 atom stereocenters. The first-order chi connectivity index (χ1) is 9.58. The van der Waals surface area contributed by atoms with Gasteiger partial charge in [-0.05, 0) is 40.9 Å². The number of hydrogen-bond donors (Lipinski definition) is 1. The van der Waals surface area contributed by atoms with Crippen molar-refractivity contribution in [3.8, 4) is 11.3 Å². The third kappa shape index (κ3) is 2.14. The Bertz CT molecular complexity index is 684. The topological polar surface area (TPSA) is 55.1 Å². The zero-order valence-corrected chi connectivity index (χ0v) is 12.1. The summed E-state index contributed by atoms with van der Waals surface area (Å²) in [5.41, 5.74) is 1.94. The van der Waals surface area contributed by atoms with E-state index in [0.29, 0.717) is 35.4 Å². The number of aliphatic carboxylic acids is 1. The maximum atomic E-state index is 13.9. The Morgan fingerprint density at radius 1 is 1.45 bits per heavy atom. The summed E-state index contributed by atoms with van der Waals surface area (Å²) in [5, 5.41) is 9.11. The molecule has 20 heavy (non-hydrogen) atoms. The zero-order valence-electron chi connectivity index (χ0n) is 10.5. The summed E-state index contributed by atoms with van der Waals surface area (Å²) < 4.78 is 16.3. The quantitative estimate of drug-likeness (QED) is 0.915. The lowest BCUT2D eigenvalue weighted by molar-refractivity contribution is -0.142. The molecule has 0 saturated carbocycles. The van der Waals surface area contributed by atoms with E-state index in [0.717, 1.165) is 5.69 Å². The fourth-order valence-corrected chi connectivity index (χ4v) is 3.12. The van der Waals surface area contributed by atoms with Crippen molar-refractivity contribution in [3.63, 3.8) is 0 Å². The first-order valence-corrected chi connectivity index (χ1v) is 7.10. The highest BCUT2D eigenvalue weighted by Gasteiger charge is 2.29. The maximum absolute atomic E-state index is 13.9. The van der Waals surface area contributed by atoms with Gasteiger partial charge in [-0.3, -0.25) is 4.79 Å². The Hall–Kier alpha value is -1.69. The van der Waals surface area contributed by atoms with Crippen LogP contribution in [0, 0.1) is 11.7 Å². The normalized spacial score (nSPS) is 17.8. The Labute approximate surface area is 123 Å². The monoisotopic (exact) mass is 338 g/mol. The molecule has 0 radical (unpaired) electrons. The highest BCUT2D eigenvalue weighted by Crippen LogP contribution is 2.33. The molecule has 0 fully saturated rings. The lowest BCUT2D eigenvalue weighted by atomic mass is 9.96. The van der Waals surface area contributed by atoms with Crippen molar-refractivity contribution in [2.75, 3.05) is 0 Å². The lowest BCUT2D eigenvalue weighted by Gasteiger charge is -2.22. The van der Waals surface area contributed by atoms with Gasteiger partial charge in [0.25, 0.3) is 0 Å². The molecule has 1 unspecified atom stereocenters. The average Bonchev–Trinajstić information content (AvgIpc) is 2.76. The van der Waals surface area contributed by atoms with Gasteiger partial charge < -0.3 is 9.67 Å². The van der Waals surface area contributed by atoms with Crippen LogP contribution in [-0.2, 0) is 17.8 Å². The van der Waals surface area contributed by atoms with E-state index in [9.17, 15) is 9.18 Å². The number of rotatable bonds is 2. The van der Waals surface area contributed by atoms with E-state index in [1.54, 1.807) is 18.2 Å². The first-order valence-electron chi connectivity index (χ1n) is 6.30. The molecular formula is C14H12BrFN2O2. The standard InChI is InChI=1S/C14H12BrFN2O2/c15-14-17-12(9-3-1-2-4-10(9)16)11-6-5-8(13(19)20)7-18(11)14/h1-4,8H,5-7H2,(H,19,20). The molecule has 1 aliphatic rings. The van der Waals surface area contributed by atoms with Crippen LogP contribution in [0.25, 0.3) is 11.3 Å². The number of imidazole rings is 1. The predicted octanol–water partition coefficient (Wildman–Crippen LogP) is 3.10. The van der Waals surface area contributed by atoms with E-state index in [-0.39, 0.29) is 5.82 Å². The van der Waals surface area contributed by atoms with Crippen molar-refractivity contribution >= 4 is 21.9 Å². The molecule has 1 aliphatic heterocycles. The lowest BCUT2D eigenvalue weighted by Crippen LogP contribution is -2.26. The number of halogens is 2. The summed E-state index contributed by atoms with van der Waals surface area (Å²) in [4.78, 5) is 15.5. The SMILES string of the molecule is O=C(O)C1CCc2c(-c3ccccc3F)nc(Br)n2C1. The second kappa shape index (κ2) is 5.01. The van der Waals surface area contributed by atoms with E-state index in [1.807, 2.05) is 4.57 Å². The van der Waals surface area contributed by atoms with Crippen molar-refractivity contribution in [2.45, 2.75) is 19.4 Å². The van der Waals surface area contributed by atoms with Crippen LogP contribution >= 0.6 is 15.9 Å². The van der Waals surface area contributed by atoms with Crippen LogP contribution in [0.1, 0.15) is 12.1 Å². The Balaban J connectivity index is 2.07. The van der Waals surface area contributed by atoms with Crippen molar-refractivity contribution in [2.24, 2.45) is 5.92 Å². The van der Waals surface area contributed by atoms with E-state index < -0.39 is 11.9 Å². The minimum Gasteiger partial charge on any atom is -0.481 e. The largest absolute Gasteiger partial charge is 0.481 e. The summed E-state index contributed by atoms with van der Waals surface area (Å²) in [7, 11) is 0. The second-order valence-corrected chi connectivity index (χ2v) is 5.55. The van der Waals surface area contributed by atoms with Gasteiger partial charge in [0.15, 0.2) is 4.73 Å². The third-order valence-corrected chi connectivity index (χ3v) is 4.24. The van der Waals surface area contributed by atoms with Crippen molar-refractivity contribution in [1.82, 2.24) is 9.55 Å². The fourth-order valence-electron chi connectivity index (χ4n) is 2.59. The molecule has 1 aromatic heterocycles. The van der Waals surface area contributed by atoms with Gasteiger partial charge in [-0.15, -0.1) is 0 Å². The number of fused-ring (bicyclic) bond motifs is 1. The number of carboxylic acids is 1. The van der Waals surface area contributed by atoms with Crippen molar-refractivity contribution in [1.29, 1.82) is 0 Å². The summed E-state index contributed by atoms with van der Waals surface area (Å²) in [6.45, 7) is 0.368. The number of aromatic nitrogens is 2. The average molecular weight is 339 g/mol. The van der Waals surface area contributed by atoms with Gasteiger partial charge in [0.1, 0.15) is 5.82 Å². The van der Waals surface area contributed by atoms with E-state index in [2.05, 4.69) is 20.9 Å². The number of hydrogen-bond acceptors (Lipinski definition) is 2. The molecule has 6 heteroatoms. The summed E-state index contributed by atoms with van der Waals surface area (Å²) in [5.74, 6) is -1.54. The van der Waals surface area contributed by atoms with Crippen LogP contribution in [0.3, 0.4) is 0 Å². The van der Waals surface area contributed by atoms with Gasteiger partial charge in [-0.1, -0.05) is 12.1 Å².